The maximum atomic E-state index is 13.7. The van der Waals surface area contributed by atoms with Crippen LogP contribution in [-0.2, 0) is 25.4 Å². The van der Waals surface area contributed by atoms with Crippen LogP contribution in [-0.4, -0.2) is 71.4 Å². The van der Waals surface area contributed by atoms with E-state index in [1.807, 2.05) is 49.4 Å². The molecule has 0 aliphatic carbocycles. The van der Waals surface area contributed by atoms with Gasteiger partial charge in [0.15, 0.2) is 5.78 Å². The number of sulfonamides is 1. The molecule has 3 aromatic rings. The molecule has 0 radical (unpaired) electrons. The second-order valence-electron chi connectivity index (χ2n) is 10.2. The van der Waals surface area contributed by atoms with Crippen LogP contribution in [0.15, 0.2) is 79.1 Å². The van der Waals surface area contributed by atoms with Crippen LogP contribution in [0.2, 0.25) is 0 Å². The molecule has 2 aromatic carbocycles. The van der Waals surface area contributed by atoms with Crippen molar-refractivity contribution in [3.8, 4) is 11.1 Å². The molecule has 3 unspecified atom stereocenters. The molecule has 5 rings (SSSR count). The number of carbonyl (C=O) groups excluding carboxylic acids is 3. The Morgan fingerprint density at radius 3 is 2.42 bits per heavy atom. The molecule has 3 heterocycles. The van der Waals surface area contributed by atoms with Gasteiger partial charge in [-0.05, 0) is 47.7 Å². The van der Waals surface area contributed by atoms with Gasteiger partial charge in [-0.15, -0.1) is 0 Å². The highest BCUT2D eigenvalue weighted by molar-refractivity contribution is 7.88. The van der Waals surface area contributed by atoms with Crippen LogP contribution in [0.25, 0.3) is 11.1 Å². The van der Waals surface area contributed by atoms with Crippen molar-refractivity contribution >= 4 is 27.6 Å². The van der Waals surface area contributed by atoms with Gasteiger partial charge in [-0.2, -0.15) is 4.31 Å². The summed E-state index contributed by atoms with van der Waals surface area (Å²) in [5.41, 5.74) is 2.98. The Morgan fingerprint density at radius 1 is 1.02 bits per heavy atom. The molecule has 0 saturated carbocycles. The van der Waals surface area contributed by atoms with E-state index in [9.17, 15) is 22.8 Å². The normalized spacial score (nSPS) is 19.8. The zero-order valence-electron chi connectivity index (χ0n) is 22.3. The number of ketones is 1. The van der Waals surface area contributed by atoms with Crippen molar-refractivity contribution in [2.45, 2.75) is 50.1 Å². The number of Topliss-reactive ketones (excluding diaryl/α,β-unsaturated/α-hetero) is 1. The van der Waals surface area contributed by atoms with Crippen LogP contribution in [0.1, 0.15) is 42.1 Å². The summed E-state index contributed by atoms with van der Waals surface area (Å²) < 4.78 is 27.6. The number of hydrogen-bond acceptors (Lipinski definition) is 6. The molecule has 1 N–H and O–H groups in total. The Balaban J connectivity index is 1.28. The van der Waals surface area contributed by atoms with Crippen LogP contribution >= 0.6 is 0 Å². The third-order valence-electron chi connectivity index (χ3n) is 7.52. The lowest BCUT2D eigenvalue weighted by molar-refractivity contribution is -0.138. The van der Waals surface area contributed by atoms with E-state index in [1.165, 1.54) is 15.4 Å². The highest BCUT2D eigenvalue weighted by atomic mass is 32.2. The highest BCUT2D eigenvalue weighted by Gasteiger charge is 2.54. The van der Waals surface area contributed by atoms with E-state index in [0.29, 0.717) is 30.4 Å². The molecule has 0 spiro atoms. The highest BCUT2D eigenvalue weighted by Crippen LogP contribution is 2.33. The van der Waals surface area contributed by atoms with E-state index in [-0.39, 0.29) is 36.4 Å². The molecule has 2 aliphatic rings. The summed E-state index contributed by atoms with van der Waals surface area (Å²) in [6, 6.07) is 18.1. The zero-order valence-corrected chi connectivity index (χ0v) is 23.1. The summed E-state index contributed by atoms with van der Waals surface area (Å²) in [6.07, 6.45) is 4.47. The first kappa shape index (κ1) is 27.7. The van der Waals surface area contributed by atoms with E-state index < -0.39 is 28.1 Å². The topological polar surface area (TPSA) is 117 Å². The number of likely N-dealkylation sites (tertiary alicyclic amines) is 1. The Kier molecular flexibility index (Phi) is 8.09. The minimum Gasteiger partial charge on any atom is -0.340 e. The number of aromatic nitrogens is 1. The number of pyridine rings is 1. The van der Waals surface area contributed by atoms with E-state index >= 15 is 0 Å². The number of hydrogen-bond donors (Lipinski definition) is 1. The van der Waals surface area contributed by atoms with Gasteiger partial charge in [0.05, 0.1) is 18.3 Å². The fourth-order valence-corrected chi connectivity index (χ4v) is 7.31. The van der Waals surface area contributed by atoms with Crippen molar-refractivity contribution in [3.63, 3.8) is 0 Å². The molecule has 2 saturated heterocycles. The predicted octanol–water partition coefficient (Wildman–Crippen LogP) is 3.03. The maximum Gasteiger partial charge on any atom is 0.251 e. The third kappa shape index (κ3) is 5.68. The molecule has 1 aromatic heterocycles. The number of rotatable bonds is 9. The predicted molar refractivity (Wildman–Crippen MR) is 151 cm³/mol. The molecule has 2 aliphatic heterocycles. The lowest BCUT2D eigenvalue weighted by Gasteiger charge is -2.28. The van der Waals surface area contributed by atoms with Crippen LogP contribution < -0.4 is 5.32 Å². The molecule has 9 nitrogen and oxygen atoms in total. The number of nitrogens with one attached hydrogen (secondary N) is 1. The Morgan fingerprint density at radius 2 is 1.75 bits per heavy atom. The number of nitrogens with zero attached hydrogens (tertiary/aromatic N) is 3. The average Bonchev–Trinajstić information content (AvgIpc) is 3.55. The largest absolute Gasteiger partial charge is 0.340 e. The van der Waals surface area contributed by atoms with Crippen LogP contribution in [0.5, 0.6) is 0 Å². The lowest BCUT2D eigenvalue weighted by Crippen LogP contribution is -2.52. The van der Waals surface area contributed by atoms with Gasteiger partial charge in [-0.1, -0.05) is 61.9 Å². The maximum absolute atomic E-state index is 13.7. The summed E-state index contributed by atoms with van der Waals surface area (Å²) in [5, 5.41) is 2.86. The number of fused-ring (bicyclic) bond motifs is 1. The molecule has 3 atom stereocenters. The quantitative estimate of drug-likeness (QED) is 0.430. The molecular formula is C30H32N4O5S. The summed E-state index contributed by atoms with van der Waals surface area (Å²) in [5.74, 6) is -1.30. The number of amides is 2. The Bertz CT molecular complexity index is 1480. The smallest absolute Gasteiger partial charge is 0.251 e. The molecule has 2 amide bonds. The van der Waals surface area contributed by atoms with Crippen molar-refractivity contribution in [1.29, 1.82) is 0 Å². The minimum atomic E-state index is -3.79. The number of carbonyl (C=O) groups is 3. The molecule has 40 heavy (non-hydrogen) atoms. The first-order valence-corrected chi connectivity index (χ1v) is 15.1. The minimum absolute atomic E-state index is 0.251. The molecule has 0 bridgehead atoms. The summed E-state index contributed by atoms with van der Waals surface area (Å²) in [7, 11) is -3.79. The van der Waals surface area contributed by atoms with Gasteiger partial charge in [-0.3, -0.25) is 19.4 Å². The van der Waals surface area contributed by atoms with Crippen molar-refractivity contribution in [2.75, 3.05) is 13.1 Å². The fourth-order valence-electron chi connectivity index (χ4n) is 5.59. The molecule has 208 valence electrons. The van der Waals surface area contributed by atoms with Gasteiger partial charge in [0, 0.05) is 24.5 Å². The van der Waals surface area contributed by atoms with Gasteiger partial charge in [0.1, 0.15) is 12.1 Å². The lowest BCUT2D eigenvalue weighted by atomic mass is 10.0. The van der Waals surface area contributed by atoms with E-state index in [0.717, 1.165) is 11.1 Å². The van der Waals surface area contributed by atoms with Crippen LogP contribution in [0.3, 0.4) is 0 Å². The van der Waals surface area contributed by atoms with Crippen molar-refractivity contribution in [1.82, 2.24) is 19.5 Å². The van der Waals surface area contributed by atoms with Crippen LogP contribution in [0, 0.1) is 0 Å². The summed E-state index contributed by atoms with van der Waals surface area (Å²) in [4.78, 5) is 45.3. The van der Waals surface area contributed by atoms with E-state index in [4.69, 9.17) is 0 Å². The van der Waals surface area contributed by atoms with Gasteiger partial charge >= 0.3 is 0 Å². The number of benzene rings is 2. The van der Waals surface area contributed by atoms with Gasteiger partial charge in [0.25, 0.3) is 5.91 Å². The summed E-state index contributed by atoms with van der Waals surface area (Å²) in [6.45, 7) is 1.91. The average molecular weight is 561 g/mol. The van der Waals surface area contributed by atoms with Crippen molar-refractivity contribution in [2.24, 2.45) is 0 Å². The first-order valence-electron chi connectivity index (χ1n) is 13.5. The molecular weight excluding hydrogens is 528 g/mol. The Labute approximate surface area is 234 Å². The monoisotopic (exact) mass is 560 g/mol. The fraction of sp³-hybridized carbons (Fsp3) is 0.333. The van der Waals surface area contributed by atoms with E-state index in [1.54, 1.807) is 30.5 Å². The molecule has 2 fully saturated rings. The van der Waals surface area contributed by atoms with Gasteiger partial charge in [-0.25, -0.2) is 8.42 Å². The van der Waals surface area contributed by atoms with Gasteiger partial charge < -0.3 is 10.2 Å². The Hall–Kier alpha value is -3.89. The summed E-state index contributed by atoms with van der Waals surface area (Å²) >= 11 is 0. The molecule has 10 heteroatoms. The van der Waals surface area contributed by atoms with Gasteiger partial charge in [0.2, 0.25) is 15.9 Å². The second kappa shape index (κ2) is 11.7. The first-order chi connectivity index (χ1) is 19.3. The van der Waals surface area contributed by atoms with Crippen molar-refractivity contribution in [3.05, 3.63) is 90.3 Å². The standard InChI is InChI=1S/C30H32N4O5S/c1-2-7-25(32-29(36)24-13-11-23(12-14-24)22-9-4-3-5-10-22)30(37)33-17-15-26-28(33)27(35)19-34(26)40(38,39)20-21-8-6-16-31-18-21/h3-6,8-14,16,18,25-26,28H,2,7,15,17,19-20H2,1H3,(H,32,36). The third-order valence-corrected chi connectivity index (χ3v) is 9.34. The zero-order chi connectivity index (χ0) is 28.3. The van der Waals surface area contributed by atoms with Crippen LogP contribution in [0.4, 0.5) is 0 Å². The van der Waals surface area contributed by atoms with E-state index in [2.05, 4.69) is 10.3 Å². The second-order valence-corrected chi connectivity index (χ2v) is 12.1. The SMILES string of the molecule is CCCC(NC(=O)c1ccc(-c2ccccc2)cc1)C(=O)N1CCC2C1C(=O)CN2S(=O)(=O)Cc1cccnc1. The van der Waals surface area contributed by atoms with Crippen molar-refractivity contribution < 1.29 is 22.8 Å².